The number of likely N-dealkylation sites (tertiary alicyclic amines) is 1. The lowest BCUT2D eigenvalue weighted by atomic mass is 9.91. The van der Waals surface area contributed by atoms with Crippen molar-refractivity contribution in [3.63, 3.8) is 0 Å². The van der Waals surface area contributed by atoms with Gasteiger partial charge in [-0.05, 0) is 54.8 Å². The van der Waals surface area contributed by atoms with E-state index in [4.69, 9.17) is 11.6 Å². The topological polar surface area (TPSA) is 53.4 Å². The summed E-state index contributed by atoms with van der Waals surface area (Å²) >= 11 is 6.28. The molecule has 1 saturated heterocycles. The highest BCUT2D eigenvalue weighted by Crippen LogP contribution is 2.40. The first-order valence-corrected chi connectivity index (χ1v) is 8.92. The van der Waals surface area contributed by atoms with Crippen LogP contribution in [0.2, 0.25) is 5.02 Å². The molecule has 1 aliphatic heterocycles. The molecule has 8 heteroatoms. The summed E-state index contributed by atoms with van der Waals surface area (Å²) < 4.78 is 39.7. The molecule has 0 amide bonds. The average Bonchev–Trinajstić information content (AvgIpc) is 2.64. The van der Waals surface area contributed by atoms with Gasteiger partial charge < -0.3 is 5.11 Å². The van der Waals surface area contributed by atoms with Crippen LogP contribution < -0.4 is 0 Å². The highest BCUT2D eigenvalue weighted by Gasteiger charge is 2.38. The first-order chi connectivity index (χ1) is 12.8. The van der Waals surface area contributed by atoms with Crippen molar-refractivity contribution in [2.45, 2.75) is 37.5 Å². The summed E-state index contributed by atoms with van der Waals surface area (Å²) in [5.74, 6) is -0.994. The zero-order valence-electron chi connectivity index (χ0n) is 14.3. The zero-order chi connectivity index (χ0) is 19.6. The van der Waals surface area contributed by atoms with Crippen LogP contribution in [0.1, 0.15) is 42.0 Å². The van der Waals surface area contributed by atoms with E-state index in [2.05, 4.69) is 4.98 Å². The number of halogens is 4. The van der Waals surface area contributed by atoms with Gasteiger partial charge in [-0.1, -0.05) is 24.1 Å². The van der Waals surface area contributed by atoms with Gasteiger partial charge in [0.15, 0.2) is 0 Å². The summed E-state index contributed by atoms with van der Waals surface area (Å²) in [4.78, 5) is 17.5. The van der Waals surface area contributed by atoms with Gasteiger partial charge in [0.25, 0.3) is 0 Å². The number of rotatable bonds is 4. The minimum Gasteiger partial charge on any atom is -0.480 e. The van der Waals surface area contributed by atoms with E-state index < -0.39 is 29.8 Å². The molecular formula is C19H18ClF3N2O2. The van der Waals surface area contributed by atoms with Crippen LogP contribution in [0.15, 0.2) is 42.7 Å². The van der Waals surface area contributed by atoms with E-state index in [1.54, 1.807) is 23.2 Å². The van der Waals surface area contributed by atoms with Crippen LogP contribution >= 0.6 is 11.6 Å². The number of alkyl halides is 3. The second-order valence-electron chi connectivity index (χ2n) is 6.51. The molecule has 2 aromatic rings. The molecule has 1 N–H and O–H groups in total. The summed E-state index contributed by atoms with van der Waals surface area (Å²) in [5, 5.41) is 9.79. The zero-order valence-corrected chi connectivity index (χ0v) is 15.0. The Labute approximate surface area is 159 Å². The van der Waals surface area contributed by atoms with E-state index >= 15 is 0 Å². The van der Waals surface area contributed by atoms with E-state index in [0.29, 0.717) is 18.5 Å². The molecule has 0 radical (unpaired) electrons. The fraction of sp³-hybridized carbons (Fsp3) is 0.368. The molecule has 2 atom stereocenters. The van der Waals surface area contributed by atoms with Crippen molar-refractivity contribution < 1.29 is 23.1 Å². The summed E-state index contributed by atoms with van der Waals surface area (Å²) in [6.45, 7) is 0.448. The molecule has 0 spiro atoms. The number of piperidine rings is 1. The fourth-order valence-electron chi connectivity index (χ4n) is 3.55. The lowest BCUT2D eigenvalue weighted by molar-refractivity contribution is -0.145. The standard InChI is InChI=1S/C19H18ClF3N2O2/c20-15-7-6-13(19(21,22)23)10-14(15)17(12-4-3-8-24-11-12)25-9-2-1-5-16(25)18(26)27/h3-4,6-8,10-11,16-17H,1-2,5,9H2,(H,26,27). The van der Waals surface area contributed by atoms with Gasteiger partial charge in [-0.25, -0.2) is 0 Å². The molecule has 3 rings (SSSR count). The van der Waals surface area contributed by atoms with Crippen LogP contribution in [0, 0.1) is 0 Å². The van der Waals surface area contributed by atoms with Crippen LogP contribution in [0.5, 0.6) is 0 Å². The average molecular weight is 399 g/mol. The van der Waals surface area contributed by atoms with E-state index in [9.17, 15) is 23.1 Å². The van der Waals surface area contributed by atoms with E-state index in [1.165, 1.54) is 12.3 Å². The van der Waals surface area contributed by atoms with Crippen molar-refractivity contribution >= 4 is 17.6 Å². The van der Waals surface area contributed by atoms with Crippen LogP contribution in [-0.4, -0.2) is 33.5 Å². The molecular weight excluding hydrogens is 381 g/mol. The van der Waals surface area contributed by atoms with Crippen molar-refractivity contribution in [2.24, 2.45) is 0 Å². The summed E-state index contributed by atoms with van der Waals surface area (Å²) in [6.07, 6.45) is 0.518. The first-order valence-electron chi connectivity index (χ1n) is 8.54. The third-order valence-corrected chi connectivity index (χ3v) is 5.12. The van der Waals surface area contributed by atoms with Crippen molar-refractivity contribution in [3.05, 3.63) is 64.4 Å². The highest BCUT2D eigenvalue weighted by molar-refractivity contribution is 6.31. The molecule has 144 valence electrons. The SMILES string of the molecule is O=C(O)C1CCCCN1C(c1cccnc1)c1cc(C(F)(F)F)ccc1Cl. The summed E-state index contributed by atoms with van der Waals surface area (Å²) in [5.41, 5.74) is 0.0131. The van der Waals surface area contributed by atoms with Crippen molar-refractivity contribution in [1.82, 2.24) is 9.88 Å². The van der Waals surface area contributed by atoms with Crippen molar-refractivity contribution in [1.29, 1.82) is 0 Å². The Bertz CT molecular complexity index is 814. The molecule has 0 aliphatic carbocycles. The molecule has 2 heterocycles. The Kier molecular flexibility index (Phi) is 5.72. The number of carbonyl (C=O) groups is 1. The van der Waals surface area contributed by atoms with Gasteiger partial charge in [-0.3, -0.25) is 14.7 Å². The Hall–Kier alpha value is -2.12. The van der Waals surface area contributed by atoms with Gasteiger partial charge in [0.1, 0.15) is 6.04 Å². The largest absolute Gasteiger partial charge is 0.480 e. The minimum atomic E-state index is -4.52. The highest BCUT2D eigenvalue weighted by atomic mass is 35.5. The van der Waals surface area contributed by atoms with Crippen LogP contribution in [0.25, 0.3) is 0 Å². The molecule has 4 nitrogen and oxygen atoms in total. The van der Waals surface area contributed by atoms with E-state index in [1.807, 2.05) is 0 Å². The van der Waals surface area contributed by atoms with Gasteiger partial charge in [-0.15, -0.1) is 0 Å². The maximum absolute atomic E-state index is 13.2. The Morgan fingerprint density at radius 3 is 2.70 bits per heavy atom. The van der Waals surface area contributed by atoms with Crippen LogP contribution in [0.4, 0.5) is 13.2 Å². The van der Waals surface area contributed by atoms with Gasteiger partial charge in [0.05, 0.1) is 11.6 Å². The predicted molar refractivity (Wildman–Crippen MR) is 94.5 cm³/mol. The molecule has 27 heavy (non-hydrogen) atoms. The fourth-order valence-corrected chi connectivity index (χ4v) is 3.77. The number of nitrogens with zero attached hydrogens (tertiary/aromatic N) is 2. The maximum Gasteiger partial charge on any atom is 0.416 e. The van der Waals surface area contributed by atoms with Crippen LogP contribution in [-0.2, 0) is 11.0 Å². The monoisotopic (exact) mass is 398 g/mol. The molecule has 1 aliphatic rings. The number of pyridine rings is 1. The summed E-state index contributed by atoms with van der Waals surface area (Å²) in [7, 11) is 0. The second-order valence-corrected chi connectivity index (χ2v) is 6.92. The van der Waals surface area contributed by atoms with Gasteiger partial charge in [-0.2, -0.15) is 13.2 Å². The second kappa shape index (κ2) is 7.86. The first kappa shape index (κ1) is 19.6. The normalized spacial score (nSPS) is 19.6. The lowest BCUT2D eigenvalue weighted by Crippen LogP contribution is -2.47. The number of aromatic nitrogens is 1. The predicted octanol–water partition coefficient (Wildman–Crippen LogP) is 4.78. The number of carboxylic acids is 1. The van der Waals surface area contributed by atoms with E-state index in [-0.39, 0.29) is 10.6 Å². The molecule has 1 fully saturated rings. The van der Waals surface area contributed by atoms with Gasteiger partial charge >= 0.3 is 12.1 Å². The number of hydrogen-bond donors (Lipinski definition) is 1. The lowest BCUT2D eigenvalue weighted by Gasteiger charge is -2.40. The molecule has 1 aromatic heterocycles. The number of hydrogen-bond acceptors (Lipinski definition) is 3. The number of aliphatic carboxylic acids is 1. The van der Waals surface area contributed by atoms with Gasteiger partial charge in [0.2, 0.25) is 0 Å². The third-order valence-electron chi connectivity index (χ3n) is 4.78. The molecule has 0 saturated carbocycles. The number of carboxylic acid groups (broad SMARTS) is 1. The molecule has 2 unspecified atom stereocenters. The van der Waals surface area contributed by atoms with Crippen molar-refractivity contribution in [2.75, 3.05) is 6.54 Å². The smallest absolute Gasteiger partial charge is 0.416 e. The Morgan fingerprint density at radius 2 is 2.07 bits per heavy atom. The summed E-state index contributed by atoms with van der Waals surface area (Å²) in [6, 6.07) is 5.02. The quantitative estimate of drug-likeness (QED) is 0.805. The number of benzene rings is 1. The Balaban J connectivity index is 2.15. The van der Waals surface area contributed by atoms with Crippen molar-refractivity contribution in [3.8, 4) is 0 Å². The maximum atomic E-state index is 13.2. The molecule has 0 bridgehead atoms. The minimum absolute atomic E-state index is 0.159. The molecule has 1 aromatic carbocycles. The van der Waals surface area contributed by atoms with E-state index in [0.717, 1.165) is 25.0 Å². The van der Waals surface area contributed by atoms with Gasteiger partial charge in [0, 0.05) is 17.4 Å². The van der Waals surface area contributed by atoms with Crippen LogP contribution in [0.3, 0.4) is 0 Å². The third kappa shape index (κ3) is 4.25. The Morgan fingerprint density at radius 1 is 1.30 bits per heavy atom.